The molecular formula is C14H13F4N3O2. The molecule has 0 spiro atoms. The summed E-state index contributed by atoms with van der Waals surface area (Å²) in [6, 6.07) is 5.60. The monoisotopic (exact) mass is 331 g/mol. The summed E-state index contributed by atoms with van der Waals surface area (Å²) in [6.45, 7) is 1.12. The number of nitrogens with zero attached hydrogens (tertiary/aromatic N) is 2. The molecule has 9 heteroatoms. The predicted octanol–water partition coefficient (Wildman–Crippen LogP) is 2.46. The standard InChI is InChI=1S/C14H13F4N3O2/c1-13(19,23-12(22)14(16,17)18)9-5-3-8(4-6-9)11-10(15)7-20-21(11)2/h3-7H,19H2,1-2H3/t13-/m0/s1. The van der Waals surface area contributed by atoms with Crippen molar-refractivity contribution in [3.63, 3.8) is 0 Å². The van der Waals surface area contributed by atoms with Gasteiger partial charge in [-0.2, -0.15) is 18.3 Å². The number of alkyl halides is 3. The lowest BCUT2D eigenvalue weighted by atomic mass is 10.0. The summed E-state index contributed by atoms with van der Waals surface area (Å²) in [5.74, 6) is -2.93. The van der Waals surface area contributed by atoms with E-state index in [1.807, 2.05) is 0 Å². The van der Waals surface area contributed by atoms with Crippen molar-refractivity contribution in [3.05, 3.63) is 41.8 Å². The largest absolute Gasteiger partial charge is 0.491 e. The zero-order valence-electron chi connectivity index (χ0n) is 12.2. The van der Waals surface area contributed by atoms with Gasteiger partial charge in [-0.3, -0.25) is 10.4 Å². The van der Waals surface area contributed by atoms with Gasteiger partial charge in [0.2, 0.25) is 0 Å². The number of halogens is 4. The van der Waals surface area contributed by atoms with E-state index in [0.717, 1.165) is 13.1 Å². The zero-order chi connectivity index (χ0) is 17.4. The molecule has 0 saturated carbocycles. The summed E-state index contributed by atoms with van der Waals surface area (Å²) in [6.07, 6.45) is -4.10. The number of carbonyl (C=O) groups is 1. The Morgan fingerprint density at radius 1 is 1.26 bits per heavy atom. The summed E-state index contributed by atoms with van der Waals surface area (Å²) in [4.78, 5) is 10.9. The molecule has 0 fully saturated rings. The minimum atomic E-state index is -5.14. The first-order valence-corrected chi connectivity index (χ1v) is 6.40. The molecule has 0 aliphatic carbocycles. The first kappa shape index (κ1) is 16.9. The molecule has 23 heavy (non-hydrogen) atoms. The lowest BCUT2D eigenvalue weighted by Gasteiger charge is -2.26. The van der Waals surface area contributed by atoms with Gasteiger partial charge in [0.1, 0.15) is 5.69 Å². The van der Waals surface area contributed by atoms with Crippen LogP contribution in [0.15, 0.2) is 30.5 Å². The van der Waals surface area contributed by atoms with Crippen molar-refractivity contribution in [1.82, 2.24) is 9.78 Å². The minimum absolute atomic E-state index is 0.126. The molecule has 1 aromatic carbocycles. The van der Waals surface area contributed by atoms with E-state index in [1.54, 1.807) is 7.05 Å². The number of aryl methyl sites for hydroxylation is 1. The third kappa shape index (κ3) is 3.50. The van der Waals surface area contributed by atoms with Crippen molar-refractivity contribution < 1.29 is 27.1 Å². The highest BCUT2D eigenvalue weighted by Gasteiger charge is 2.44. The van der Waals surface area contributed by atoms with E-state index >= 15 is 0 Å². The van der Waals surface area contributed by atoms with Gasteiger partial charge in [0, 0.05) is 18.2 Å². The van der Waals surface area contributed by atoms with E-state index in [2.05, 4.69) is 9.84 Å². The van der Waals surface area contributed by atoms with E-state index < -0.39 is 23.7 Å². The van der Waals surface area contributed by atoms with Crippen LogP contribution in [0.25, 0.3) is 11.3 Å². The van der Waals surface area contributed by atoms with Gasteiger partial charge in [-0.25, -0.2) is 9.18 Å². The van der Waals surface area contributed by atoms with E-state index in [0.29, 0.717) is 5.56 Å². The van der Waals surface area contributed by atoms with E-state index in [1.165, 1.54) is 28.9 Å². The van der Waals surface area contributed by atoms with Gasteiger partial charge in [0.15, 0.2) is 11.5 Å². The Bertz CT molecular complexity index is 701. The molecule has 2 aromatic rings. The number of carbonyl (C=O) groups excluding carboxylic acids is 1. The fraction of sp³-hybridized carbons (Fsp3) is 0.286. The molecular weight excluding hydrogens is 318 g/mol. The van der Waals surface area contributed by atoms with Crippen LogP contribution < -0.4 is 5.73 Å². The third-order valence-electron chi connectivity index (χ3n) is 3.16. The van der Waals surface area contributed by atoms with Crippen molar-refractivity contribution in [2.75, 3.05) is 0 Å². The highest BCUT2D eigenvalue weighted by Crippen LogP contribution is 2.28. The Hall–Kier alpha value is -2.42. The van der Waals surface area contributed by atoms with Gasteiger partial charge < -0.3 is 4.74 Å². The van der Waals surface area contributed by atoms with Crippen LogP contribution in [0.2, 0.25) is 0 Å². The van der Waals surface area contributed by atoms with Crippen LogP contribution in [-0.4, -0.2) is 21.9 Å². The summed E-state index contributed by atoms with van der Waals surface area (Å²) in [5.41, 5.74) is 4.44. The molecule has 1 heterocycles. The highest BCUT2D eigenvalue weighted by molar-refractivity contribution is 5.76. The molecule has 124 valence electrons. The van der Waals surface area contributed by atoms with Gasteiger partial charge >= 0.3 is 12.1 Å². The molecule has 0 bridgehead atoms. The average Bonchev–Trinajstić information content (AvgIpc) is 2.77. The zero-order valence-corrected chi connectivity index (χ0v) is 12.2. The molecule has 0 aliphatic rings. The SMILES string of the molecule is Cn1ncc(F)c1-c1ccc([C@@](C)(N)OC(=O)C(F)(F)F)cc1. The number of esters is 1. The van der Waals surface area contributed by atoms with Gasteiger partial charge in [0.05, 0.1) is 6.20 Å². The Morgan fingerprint density at radius 2 is 1.83 bits per heavy atom. The Kier molecular flexibility index (Phi) is 4.16. The van der Waals surface area contributed by atoms with Crippen molar-refractivity contribution in [2.45, 2.75) is 18.8 Å². The number of ether oxygens (including phenoxy) is 1. The first-order chi connectivity index (χ1) is 10.5. The molecule has 0 aliphatic heterocycles. The van der Waals surface area contributed by atoms with Crippen LogP contribution in [0.3, 0.4) is 0 Å². The van der Waals surface area contributed by atoms with Gasteiger partial charge in [-0.05, 0) is 6.92 Å². The van der Waals surface area contributed by atoms with E-state index in [9.17, 15) is 22.4 Å². The van der Waals surface area contributed by atoms with Crippen LogP contribution >= 0.6 is 0 Å². The van der Waals surface area contributed by atoms with Gasteiger partial charge in [0.25, 0.3) is 0 Å². The second-order valence-corrected chi connectivity index (χ2v) is 5.04. The molecule has 1 atom stereocenters. The molecule has 0 unspecified atom stereocenters. The third-order valence-corrected chi connectivity index (χ3v) is 3.16. The van der Waals surface area contributed by atoms with Crippen LogP contribution in [0.1, 0.15) is 12.5 Å². The second-order valence-electron chi connectivity index (χ2n) is 5.04. The minimum Gasteiger partial charge on any atom is -0.433 e. The van der Waals surface area contributed by atoms with Crippen LogP contribution in [-0.2, 0) is 22.3 Å². The van der Waals surface area contributed by atoms with E-state index in [-0.39, 0.29) is 11.3 Å². The van der Waals surface area contributed by atoms with Crippen molar-refractivity contribution in [3.8, 4) is 11.3 Å². The predicted molar refractivity (Wildman–Crippen MR) is 72.3 cm³/mol. The number of hydrogen-bond acceptors (Lipinski definition) is 4. The van der Waals surface area contributed by atoms with Crippen molar-refractivity contribution >= 4 is 5.97 Å². The highest BCUT2D eigenvalue weighted by atomic mass is 19.4. The quantitative estimate of drug-likeness (QED) is 0.533. The number of aromatic nitrogens is 2. The molecule has 0 radical (unpaired) electrons. The molecule has 2 N–H and O–H groups in total. The topological polar surface area (TPSA) is 70.1 Å². The maximum Gasteiger partial charge on any atom is 0.491 e. The summed E-state index contributed by atoms with van der Waals surface area (Å²) < 4.78 is 56.0. The maximum atomic E-state index is 13.6. The fourth-order valence-corrected chi connectivity index (χ4v) is 2.00. The normalized spacial score (nSPS) is 14.4. The van der Waals surface area contributed by atoms with Crippen LogP contribution in [0.5, 0.6) is 0 Å². The van der Waals surface area contributed by atoms with Crippen LogP contribution in [0.4, 0.5) is 17.6 Å². The molecule has 1 aromatic heterocycles. The molecule has 0 amide bonds. The van der Waals surface area contributed by atoms with Crippen LogP contribution in [0, 0.1) is 5.82 Å². The average molecular weight is 331 g/mol. The van der Waals surface area contributed by atoms with Gasteiger partial charge in [-0.1, -0.05) is 24.3 Å². The van der Waals surface area contributed by atoms with Gasteiger partial charge in [-0.15, -0.1) is 0 Å². The summed E-state index contributed by atoms with van der Waals surface area (Å²) in [5, 5.41) is 3.75. The molecule has 2 rings (SSSR count). The lowest BCUT2D eigenvalue weighted by molar-refractivity contribution is -0.213. The first-order valence-electron chi connectivity index (χ1n) is 6.40. The summed E-state index contributed by atoms with van der Waals surface area (Å²) in [7, 11) is 1.55. The Morgan fingerprint density at radius 3 is 2.26 bits per heavy atom. The molecule has 0 saturated heterocycles. The Labute approximate surface area is 128 Å². The number of hydrogen-bond donors (Lipinski definition) is 1. The fourth-order valence-electron chi connectivity index (χ4n) is 2.00. The van der Waals surface area contributed by atoms with Crippen molar-refractivity contribution in [1.29, 1.82) is 0 Å². The van der Waals surface area contributed by atoms with E-state index in [4.69, 9.17) is 5.73 Å². The number of rotatable bonds is 3. The number of benzene rings is 1. The second kappa shape index (κ2) is 5.65. The number of nitrogens with two attached hydrogens (primary N) is 1. The lowest BCUT2D eigenvalue weighted by Crippen LogP contribution is -2.42. The Balaban J connectivity index is 2.27. The summed E-state index contributed by atoms with van der Waals surface area (Å²) >= 11 is 0. The smallest absolute Gasteiger partial charge is 0.433 e. The maximum absolute atomic E-state index is 13.6. The molecule has 5 nitrogen and oxygen atoms in total. The van der Waals surface area contributed by atoms with Crippen molar-refractivity contribution in [2.24, 2.45) is 12.8 Å².